The fraction of sp³-hybridized carbons (Fsp3) is 0.214. The minimum absolute atomic E-state index is 0.0692. The van der Waals surface area contributed by atoms with Gasteiger partial charge in [0.15, 0.2) is 16.9 Å². The molecule has 0 saturated heterocycles. The van der Waals surface area contributed by atoms with E-state index in [1.165, 1.54) is 0 Å². The van der Waals surface area contributed by atoms with Gasteiger partial charge in [-0.25, -0.2) is 0 Å². The SMILES string of the molecule is CCOc1ccc(C2c3c(oc4ccccc4c3=O)C(=O)N2c2ccc(C)c(C)c2)cc1OC. The fourth-order valence-corrected chi connectivity index (χ4v) is 4.51. The number of ether oxygens (including phenoxy) is 2. The smallest absolute Gasteiger partial charge is 0.295 e. The Labute approximate surface area is 197 Å². The third kappa shape index (κ3) is 3.34. The maximum atomic E-state index is 13.7. The molecule has 1 amide bonds. The summed E-state index contributed by atoms with van der Waals surface area (Å²) < 4.78 is 17.3. The van der Waals surface area contributed by atoms with Gasteiger partial charge in [0.1, 0.15) is 5.58 Å². The number of methoxy groups -OCH3 is 1. The van der Waals surface area contributed by atoms with Crippen molar-refractivity contribution in [1.29, 1.82) is 0 Å². The number of fused-ring (bicyclic) bond motifs is 2. The molecule has 0 N–H and O–H groups in total. The van der Waals surface area contributed by atoms with Crippen LogP contribution >= 0.6 is 0 Å². The monoisotopic (exact) mass is 455 g/mol. The number of carbonyl (C=O) groups excluding carboxylic acids is 1. The van der Waals surface area contributed by atoms with Crippen LogP contribution in [0.3, 0.4) is 0 Å². The molecule has 3 aromatic carbocycles. The molecule has 1 aliphatic rings. The molecule has 34 heavy (non-hydrogen) atoms. The van der Waals surface area contributed by atoms with Crippen LogP contribution in [0.25, 0.3) is 11.0 Å². The molecule has 1 aromatic heterocycles. The number of para-hydroxylation sites is 1. The van der Waals surface area contributed by atoms with Gasteiger partial charge in [0, 0.05) is 5.69 Å². The van der Waals surface area contributed by atoms with Crippen molar-refractivity contribution in [3.05, 3.63) is 98.9 Å². The zero-order chi connectivity index (χ0) is 24.0. The molecule has 0 aliphatic carbocycles. The molecule has 5 rings (SSSR count). The number of hydrogen-bond acceptors (Lipinski definition) is 5. The third-order valence-corrected chi connectivity index (χ3v) is 6.35. The average Bonchev–Trinajstić information content (AvgIpc) is 3.14. The Kier molecular flexibility index (Phi) is 5.36. The average molecular weight is 456 g/mol. The number of rotatable bonds is 5. The Balaban J connectivity index is 1.79. The highest BCUT2D eigenvalue weighted by molar-refractivity contribution is 6.10. The first kappa shape index (κ1) is 21.8. The molecule has 1 aliphatic heterocycles. The molecular formula is C28H25NO5. The molecule has 4 aromatic rings. The fourth-order valence-electron chi connectivity index (χ4n) is 4.51. The van der Waals surface area contributed by atoms with Gasteiger partial charge >= 0.3 is 0 Å². The number of benzene rings is 3. The van der Waals surface area contributed by atoms with Gasteiger partial charge in [0.05, 0.1) is 30.7 Å². The Hall–Kier alpha value is -4.06. The number of aryl methyl sites for hydroxylation is 2. The predicted molar refractivity (Wildman–Crippen MR) is 131 cm³/mol. The van der Waals surface area contributed by atoms with Crippen LogP contribution in [0.15, 0.2) is 69.9 Å². The second-order valence-electron chi connectivity index (χ2n) is 8.36. The Morgan fingerprint density at radius 1 is 0.941 bits per heavy atom. The summed E-state index contributed by atoms with van der Waals surface area (Å²) >= 11 is 0. The van der Waals surface area contributed by atoms with Crippen LogP contribution < -0.4 is 19.8 Å². The van der Waals surface area contributed by atoms with Crippen molar-refractivity contribution in [2.45, 2.75) is 26.8 Å². The summed E-state index contributed by atoms with van der Waals surface area (Å²) in [4.78, 5) is 29.0. The maximum absolute atomic E-state index is 13.7. The number of hydrogen-bond donors (Lipinski definition) is 0. The van der Waals surface area contributed by atoms with Gasteiger partial charge in [-0.1, -0.05) is 24.3 Å². The van der Waals surface area contributed by atoms with Crippen molar-refractivity contribution in [2.24, 2.45) is 0 Å². The van der Waals surface area contributed by atoms with Crippen molar-refractivity contribution in [1.82, 2.24) is 0 Å². The van der Waals surface area contributed by atoms with E-state index in [0.717, 1.165) is 16.7 Å². The standard InChI is InChI=1S/C28H25NO5/c1-5-33-22-13-11-18(15-23(22)32-4)25-24-26(30)20-8-6-7-9-21(20)34-27(24)28(31)29(25)19-12-10-16(2)17(3)14-19/h6-15,25H,5H2,1-4H3. The Bertz CT molecular complexity index is 1490. The van der Waals surface area contributed by atoms with E-state index < -0.39 is 6.04 Å². The molecule has 0 spiro atoms. The number of nitrogens with zero attached hydrogens (tertiary/aromatic N) is 1. The zero-order valence-electron chi connectivity index (χ0n) is 19.5. The summed E-state index contributed by atoms with van der Waals surface area (Å²) in [6.45, 7) is 6.41. The van der Waals surface area contributed by atoms with Gasteiger partial charge in [-0.05, 0) is 73.9 Å². The van der Waals surface area contributed by atoms with E-state index >= 15 is 0 Å². The quantitative estimate of drug-likeness (QED) is 0.394. The minimum atomic E-state index is -0.671. The van der Waals surface area contributed by atoms with Crippen molar-refractivity contribution >= 4 is 22.6 Å². The van der Waals surface area contributed by atoms with E-state index in [-0.39, 0.29) is 17.1 Å². The zero-order valence-corrected chi connectivity index (χ0v) is 19.5. The van der Waals surface area contributed by atoms with Gasteiger partial charge < -0.3 is 13.9 Å². The van der Waals surface area contributed by atoms with Crippen LogP contribution in [-0.2, 0) is 0 Å². The third-order valence-electron chi connectivity index (χ3n) is 6.35. The second-order valence-corrected chi connectivity index (χ2v) is 8.36. The van der Waals surface area contributed by atoms with Crippen LogP contribution in [-0.4, -0.2) is 19.6 Å². The van der Waals surface area contributed by atoms with Gasteiger partial charge in [-0.15, -0.1) is 0 Å². The van der Waals surface area contributed by atoms with Crippen LogP contribution in [0.1, 0.15) is 45.8 Å². The molecule has 1 unspecified atom stereocenters. The molecule has 0 fully saturated rings. The van der Waals surface area contributed by atoms with E-state index in [4.69, 9.17) is 13.9 Å². The summed E-state index contributed by atoms with van der Waals surface area (Å²) in [5.41, 5.74) is 4.10. The first-order valence-electron chi connectivity index (χ1n) is 11.2. The molecule has 0 radical (unpaired) electrons. The summed E-state index contributed by atoms with van der Waals surface area (Å²) in [5.74, 6) is 0.853. The molecule has 0 bridgehead atoms. The highest BCUT2D eigenvalue weighted by Gasteiger charge is 2.44. The first-order chi connectivity index (χ1) is 16.4. The molecule has 0 saturated carbocycles. The summed E-state index contributed by atoms with van der Waals surface area (Å²) in [7, 11) is 1.57. The minimum Gasteiger partial charge on any atom is -0.493 e. The van der Waals surface area contributed by atoms with Gasteiger partial charge in [0.2, 0.25) is 5.76 Å². The summed E-state index contributed by atoms with van der Waals surface area (Å²) in [6, 6.07) is 17.7. The molecule has 6 heteroatoms. The molecular weight excluding hydrogens is 430 g/mol. The van der Waals surface area contributed by atoms with Crippen LogP contribution in [0.4, 0.5) is 5.69 Å². The number of amides is 1. The highest BCUT2D eigenvalue weighted by Crippen LogP contribution is 2.43. The molecule has 2 heterocycles. The van der Waals surface area contributed by atoms with E-state index in [1.54, 1.807) is 42.3 Å². The second kappa shape index (κ2) is 8.37. The van der Waals surface area contributed by atoms with E-state index in [9.17, 15) is 9.59 Å². The van der Waals surface area contributed by atoms with E-state index in [0.29, 0.717) is 40.3 Å². The van der Waals surface area contributed by atoms with E-state index in [2.05, 4.69) is 0 Å². The molecule has 172 valence electrons. The normalized spacial score (nSPS) is 15.0. The lowest BCUT2D eigenvalue weighted by molar-refractivity contribution is 0.0971. The number of anilines is 1. The molecule has 6 nitrogen and oxygen atoms in total. The van der Waals surface area contributed by atoms with E-state index in [1.807, 2.05) is 51.1 Å². The van der Waals surface area contributed by atoms with Gasteiger partial charge in [-0.2, -0.15) is 0 Å². The van der Waals surface area contributed by atoms with Crippen molar-refractivity contribution in [3.63, 3.8) is 0 Å². The number of carbonyl (C=O) groups is 1. The lowest BCUT2D eigenvalue weighted by atomic mass is 9.97. The molecule has 1 atom stereocenters. The van der Waals surface area contributed by atoms with Crippen LogP contribution in [0, 0.1) is 13.8 Å². The van der Waals surface area contributed by atoms with Crippen LogP contribution in [0.5, 0.6) is 11.5 Å². The largest absolute Gasteiger partial charge is 0.493 e. The highest BCUT2D eigenvalue weighted by atomic mass is 16.5. The van der Waals surface area contributed by atoms with Crippen molar-refractivity contribution < 1.29 is 18.7 Å². The summed E-state index contributed by atoms with van der Waals surface area (Å²) in [6.07, 6.45) is 0. The lowest BCUT2D eigenvalue weighted by Crippen LogP contribution is -2.29. The predicted octanol–water partition coefficient (Wildman–Crippen LogP) is 5.57. The summed E-state index contributed by atoms with van der Waals surface area (Å²) in [5, 5.41) is 0.443. The van der Waals surface area contributed by atoms with Gasteiger partial charge in [0.25, 0.3) is 5.91 Å². The Morgan fingerprint density at radius 3 is 2.47 bits per heavy atom. The van der Waals surface area contributed by atoms with Crippen LogP contribution in [0.2, 0.25) is 0 Å². The van der Waals surface area contributed by atoms with Crippen molar-refractivity contribution in [3.8, 4) is 11.5 Å². The first-order valence-corrected chi connectivity index (χ1v) is 11.2. The maximum Gasteiger partial charge on any atom is 0.295 e. The van der Waals surface area contributed by atoms with Crippen molar-refractivity contribution in [2.75, 3.05) is 18.6 Å². The van der Waals surface area contributed by atoms with Gasteiger partial charge in [-0.3, -0.25) is 14.5 Å². The Morgan fingerprint density at radius 2 is 1.74 bits per heavy atom. The lowest BCUT2D eigenvalue weighted by Gasteiger charge is -2.26. The topological polar surface area (TPSA) is 69.0 Å².